The molecular formula is C26H35N3O5. The number of amides is 2. The van der Waals surface area contributed by atoms with Gasteiger partial charge in [0.1, 0.15) is 0 Å². The van der Waals surface area contributed by atoms with E-state index in [9.17, 15) is 9.59 Å². The molecule has 1 fully saturated rings. The Morgan fingerprint density at radius 1 is 1.09 bits per heavy atom. The number of hydrogen-bond donors (Lipinski definition) is 2. The Morgan fingerprint density at radius 2 is 1.91 bits per heavy atom. The van der Waals surface area contributed by atoms with Crippen LogP contribution in [0.5, 0.6) is 11.5 Å². The van der Waals surface area contributed by atoms with Crippen LogP contribution in [-0.2, 0) is 16.1 Å². The molecule has 0 radical (unpaired) electrons. The number of unbranched alkanes of at least 4 members (excludes halogenated alkanes) is 1. The Hall–Kier alpha value is -3.10. The average molecular weight is 470 g/mol. The summed E-state index contributed by atoms with van der Waals surface area (Å²) in [4.78, 5) is 27.2. The molecule has 0 aliphatic carbocycles. The number of anilines is 1. The maximum Gasteiger partial charge on any atom is 0.251 e. The number of morpholine rings is 1. The van der Waals surface area contributed by atoms with Crippen molar-refractivity contribution in [2.75, 3.05) is 51.9 Å². The summed E-state index contributed by atoms with van der Waals surface area (Å²) in [5.74, 6) is 0.925. The van der Waals surface area contributed by atoms with E-state index >= 15 is 0 Å². The highest BCUT2D eigenvalue weighted by Crippen LogP contribution is 2.28. The molecule has 0 atom stereocenters. The molecule has 1 aliphatic heterocycles. The topological polar surface area (TPSA) is 89.1 Å². The van der Waals surface area contributed by atoms with Gasteiger partial charge in [-0.2, -0.15) is 0 Å². The van der Waals surface area contributed by atoms with Gasteiger partial charge >= 0.3 is 0 Å². The molecule has 2 N–H and O–H groups in total. The van der Waals surface area contributed by atoms with E-state index in [0.717, 1.165) is 51.3 Å². The lowest BCUT2D eigenvalue weighted by molar-refractivity contribution is -0.116. The first-order valence-corrected chi connectivity index (χ1v) is 11.9. The van der Waals surface area contributed by atoms with E-state index in [0.29, 0.717) is 42.3 Å². The van der Waals surface area contributed by atoms with Gasteiger partial charge in [-0.1, -0.05) is 25.5 Å². The van der Waals surface area contributed by atoms with Gasteiger partial charge in [-0.05, 0) is 42.3 Å². The van der Waals surface area contributed by atoms with Crippen LogP contribution in [0.2, 0.25) is 0 Å². The summed E-state index contributed by atoms with van der Waals surface area (Å²) < 4.78 is 16.5. The second-order valence-corrected chi connectivity index (χ2v) is 8.20. The van der Waals surface area contributed by atoms with Crippen LogP contribution in [0.4, 0.5) is 5.69 Å². The molecular weight excluding hydrogens is 434 g/mol. The fourth-order valence-corrected chi connectivity index (χ4v) is 3.61. The number of hydrogen-bond acceptors (Lipinski definition) is 6. The Bertz CT molecular complexity index is 944. The number of benzene rings is 2. The van der Waals surface area contributed by atoms with E-state index in [4.69, 9.17) is 14.2 Å². The zero-order valence-corrected chi connectivity index (χ0v) is 20.1. The Morgan fingerprint density at radius 3 is 2.68 bits per heavy atom. The molecule has 34 heavy (non-hydrogen) atoms. The summed E-state index contributed by atoms with van der Waals surface area (Å²) in [5, 5.41) is 5.86. The molecule has 0 unspecified atom stereocenters. The zero-order valence-electron chi connectivity index (χ0n) is 20.1. The predicted molar refractivity (Wildman–Crippen MR) is 132 cm³/mol. The lowest BCUT2D eigenvalue weighted by Gasteiger charge is -2.26. The van der Waals surface area contributed by atoms with Gasteiger partial charge in [-0.25, -0.2) is 0 Å². The van der Waals surface area contributed by atoms with Gasteiger partial charge in [0.25, 0.3) is 5.91 Å². The first kappa shape index (κ1) is 25.5. The van der Waals surface area contributed by atoms with Crippen LogP contribution in [-0.4, -0.2) is 63.3 Å². The SMILES string of the molecule is CCCCOc1ccc(C(=O)NCc2cccc(NC(=O)CCN3CCOCC3)c2)cc1OC. The predicted octanol–water partition coefficient (Wildman–Crippen LogP) is 3.46. The van der Waals surface area contributed by atoms with E-state index in [1.165, 1.54) is 0 Å². The maximum atomic E-state index is 12.7. The highest BCUT2D eigenvalue weighted by atomic mass is 16.5. The molecule has 184 valence electrons. The van der Waals surface area contributed by atoms with Gasteiger partial charge in [-0.15, -0.1) is 0 Å². The van der Waals surface area contributed by atoms with Crippen molar-refractivity contribution in [3.8, 4) is 11.5 Å². The summed E-state index contributed by atoms with van der Waals surface area (Å²) >= 11 is 0. The minimum absolute atomic E-state index is 0.0268. The van der Waals surface area contributed by atoms with Crippen molar-refractivity contribution in [1.82, 2.24) is 10.2 Å². The van der Waals surface area contributed by atoms with E-state index in [1.807, 2.05) is 24.3 Å². The second kappa shape index (κ2) is 13.6. The fraction of sp³-hybridized carbons (Fsp3) is 0.462. The summed E-state index contributed by atoms with van der Waals surface area (Å²) in [7, 11) is 1.56. The summed E-state index contributed by atoms with van der Waals surface area (Å²) in [6.07, 6.45) is 2.43. The summed E-state index contributed by atoms with van der Waals surface area (Å²) in [6.45, 7) is 6.94. The molecule has 1 aliphatic rings. The third-order valence-electron chi connectivity index (χ3n) is 5.60. The third kappa shape index (κ3) is 8.04. The minimum atomic E-state index is -0.210. The number of rotatable bonds is 12. The molecule has 1 heterocycles. The van der Waals surface area contributed by atoms with Crippen LogP contribution in [0.1, 0.15) is 42.1 Å². The van der Waals surface area contributed by atoms with Gasteiger partial charge in [0.15, 0.2) is 11.5 Å². The van der Waals surface area contributed by atoms with Crippen LogP contribution in [0.3, 0.4) is 0 Å². The van der Waals surface area contributed by atoms with Crippen molar-refractivity contribution in [1.29, 1.82) is 0 Å². The Labute approximate surface area is 201 Å². The van der Waals surface area contributed by atoms with Crippen molar-refractivity contribution in [3.05, 3.63) is 53.6 Å². The number of ether oxygens (including phenoxy) is 3. The van der Waals surface area contributed by atoms with Gasteiger partial charge in [0.2, 0.25) is 5.91 Å². The molecule has 3 rings (SSSR count). The number of nitrogens with one attached hydrogen (secondary N) is 2. The number of nitrogens with zero attached hydrogens (tertiary/aromatic N) is 1. The molecule has 0 saturated carbocycles. The normalized spacial score (nSPS) is 13.8. The van der Waals surface area contributed by atoms with Crippen LogP contribution in [0.15, 0.2) is 42.5 Å². The first-order valence-electron chi connectivity index (χ1n) is 11.9. The van der Waals surface area contributed by atoms with E-state index < -0.39 is 0 Å². The zero-order chi connectivity index (χ0) is 24.2. The third-order valence-corrected chi connectivity index (χ3v) is 5.60. The lowest BCUT2D eigenvalue weighted by Crippen LogP contribution is -2.38. The molecule has 2 amide bonds. The molecule has 2 aromatic carbocycles. The monoisotopic (exact) mass is 469 g/mol. The van der Waals surface area contributed by atoms with Gasteiger partial charge in [0.05, 0.1) is 26.9 Å². The quantitative estimate of drug-likeness (QED) is 0.463. The molecule has 0 bridgehead atoms. The van der Waals surface area contributed by atoms with Gasteiger partial charge in [0, 0.05) is 43.9 Å². The first-order chi connectivity index (χ1) is 16.6. The second-order valence-electron chi connectivity index (χ2n) is 8.20. The van der Waals surface area contributed by atoms with E-state index in [-0.39, 0.29) is 11.8 Å². The van der Waals surface area contributed by atoms with Crippen LogP contribution < -0.4 is 20.1 Å². The minimum Gasteiger partial charge on any atom is -0.493 e. The number of carbonyl (C=O) groups excluding carboxylic acids is 2. The van der Waals surface area contributed by atoms with Crippen molar-refractivity contribution in [3.63, 3.8) is 0 Å². The Balaban J connectivity index is 1.49. The van der Waals surface area contributed by atoms with Crippen LogP contribution in [0, 0.1) is 0 Å². The average Bonchev–Trinajstić information content (AvgIpc) is 2.87. The lowest BCUT2D eigenvalue weighted by atomic mass is 10.1. The van der Waals surface area contributed by atoms with Crippen LogP contribution in [0.25, 0.3) is 0 Å². The van der Waals surface area contributed by atoms with Crippen LogP contribution >= 0.6 is 0 Å². The standard InChI is InChI=1S/C26H35N3O5/c1-3-4-14-34-23-9-8-21(18-24(23)32-2)26(31)27-19-20-6-5-7-22(17-20)28-25(30)10-11-29-12-15-33-16-13-29/h5-9,17-18H,3-4,10-16,19H2,1-2H3,(H,27,31)(H,28,30). The summed E-state index contributed by atoms with van der Waals surface area (Å²) in [6, 6.07) is 12.7. The molecule has 0 spiro atoms. The summed E-state index contributed by atoms with van der Waals surface area (Å²) in [5.41, 5.74) is 2.10. The Kier molecular flexibility index (Phi) is 10.2. The van der Waals surface area contributed by atoms with Crippen molar-refractivity contribution < 1.29 is 23.8 Å². The number of carbonyl (C=O) groups is 2. The molecule has 2 aromatic rings. The molecule has 8 nitrogen and oxygen atoms in total. The smallest absolute Gasteiger partial charge is 0.251 e. The van der Waals surface area contributed by atoms with Crippen molar-refractivity contribution >= 4 is 17.5 Å². The molecule has 0 aromatic heterocycles. The highest BCUT2D eigenvalue weighted by Gasteiger charge is 2.13. The highest BCUT2D eigenvalue weighted by molar-refractivity contribution is 5.95. The largest absolute Gasteiger partial charge is 0.493 e. The van der Waals surface area contributed by atoms with Crippen molar-refractivity contribution in [2.24, 2.45) is 0 Å². The number of methoxy groups -OCH3 is 1. The van der Waals surface area contributed by atoms with Crippen molar-refractivity contribution in [2.45, 2.75) is 32.7 Å². The molecule has 8 heteroatoms. The molecule has 1 saturated heterocycles. The van der Waals surface area contributed by atoms with Gasteiger partial charge < -0.3 is 24.8 Å². The fourth-order valence-electron chi connectivity index (χ4n) is 3.61. The van der Waals surface area contributed by atoms with E-state index in [1.54, 1.807) is 25.3 Å². The van der Waals surface area contributed by atoms with Gasteiger partial charge in [-0.3, -0.25) is 14.5 Å². The maximum absolute atomic E-state index is 12.7. The van der Waals surface area contributed by atoms with E-state index in [2.05, 4.69) is 22.5 Å².